The van der Waals surface area contributed by atoms with Crippen LogP contribution in [-0.2, 0) is 0 Å². The monoisotopic (exact) mass is 201 g/mol. The zero-order valence-corrected chi connectivity index (χ0v) is 9.12. The van der Waals surface area contributed by atoms with Crippen LogP contribution in [-0.4, -0.2) is 16.5 Å². The number of hydrogen-bond donors (Lipinski definition) is 1. The van der Waals surface area contributed by atoms with Crippen LogP contribution in [0.25, 0.3) is 10.9 Å². The zero-order valence-electron chi connectivity index (χ0n) is 9.12. The highest BCUT2D eigenvalue weighted by Crippen LogP contribution is 2.20. The molecule has 0 saturated carbocycles. The number of nitrogens with zero attached hydrogens (tertiary/aromatic N) is 2. The van der Waals surface area contributed by atoms with Gasteiger partial charge in [-0.15, -0.1) is 0 Å². The molecule has 0 spiro atoms. The first-order valence-electron chi connectivity index (χ1n) is 5.27. The Labute approximate surface area is 89.6 Å². The smallest absolute Gasteiger partial charge is 0.135 e. The lowest BCUT2D eigenvalue weighted by Crippen LogP contribution is -2.03. The predicted molar refractivity (Wildman–Crippen MR) is 63.1 cm³/mol. The van der Waals surface area contributed by atoms with E-state index in [0.717, 1.165) is 35.4 Å². The Hall–Kier alpha value is -1.64. The molecule has 0 amide bonds. The molecule has 78 valence electrons. The molecule has 3 nitrogen and oxygen atoms in total. The first-order chi connectivity index (χ1) is 7.31. The van der Waals surface area contributed by atoms with E-state index in [4.69, 9.17) is 0 Å². The highest BCUT2D eigenvalue weighted by molar-refractivity contribution is 5.89. The van der Waals surface area contributed by atoms with Crippen molar-refractivity contribution in [1.82, 2.24) is 9.97 Å². The lowest BCUT2D eigenvalue weighted by Gasteiger charge is -2.08. The van der Waals surface area contributed by atoms with Crippen molar-refractivity contribution in [2.24, 2.45) is 0 Å². The maximum atomic E-state index is 4.49. The van der Waals surface area contributed by atoms with Crippen LogP contribution in [0.2, 0.25) is 0 Å². The van der Waals surface area contributed by atoms with Gasteiger partial charge in [-0.25, -0.2) is 4.98 Å². The molecule has 2 aromatic rings. The van der Waals surface area contributed by atoms with E-state index in [1.165, 1.54) is 0 Å². The van der Waals surface area contributed by atoms with Crippen molar-refractivity contribution in [2.45, 2.75) is 20.3 Å². The number of rotatable bonds is 3. The Kier molecular flexibility index (Phi) is 2.81. The zero-order chi connectivity index (χ0) is 10.7. The fourth-order valence-electron chi connectivity index (χ4n) is 1.58. The number of fused-ring (bicyclic) bond motifs is 1. The summed E-state index contributed by atoms with van der Waals surface area (Å²) < 4.78 is 0. The Morgan fingerprint density at radius 2 is 2.27 bits per heavy atom. The van der Waals surface area contributed by atoms with Crippen LogP contribution < -0.4 is 5.32 Å². The Morgan fingerprint density at radius 1 is 1.40 bits per heavy atom. The SMILES string of the molecule is CCCNc1nc(C)cc2ncccc12. The predicted octanol–water partition coefficient (Wildman–Crippen LogP) is 2.76. The molecule has 0 unspecified atom stereocenters. The van der Waals surface area contributed by atoms with E-state index in [0.29, 0.717) is 0 Å². The van der Waals surface area contributed by atoms with Crippen molar-refractivity contribution < 1.29 is 0 Å². The molecule has 1 N–H and O–H groups in total. The molecule has 0 fully saturated rings. The number of nitrogens with one attached hydrogen (secondary N) is 1. The molecule has 0 aliphatic heterocycles. The van der Waals surface area contributed by atoms with Crippen LogP contribution in [0.4, 0.5) is 5.82 Å². The normalized spacial score (nSPS) is 10.5. The van der Waals surface area contributed by atoms with Gasteiger partial charge in [0.05, 0.1) is 5.52 Å². The van der Waals surface area contributed by atoms with Gasteiger partial charge >= 0.3 is 0 Å². The van der Waals surface area contributed by atoms with E-state index in [1.807, 2.05) is 31.3 Å². The van der Waals surface area contributed by atoms with Crippen LogP contribution in [0.3, 0.4) is 0 Å². The molecule has 2 rings (SSSR count). The van der Waals surface area contributed by atoms with Crippen molar-refractivity contribution in [3.8, 4) is 0 Å². The number of aromatic nitrogens is 2. The minimum atomic E-state index is 0.944. The van der Waals surface area contributed by atoms with E-state index in [1.54, 1.807) is 0 Å². The Morgan fingerprint density at radius 3 is 3.07 bits per heavy atom. The summed E-state index contributed by atoms with van der Waals surface area (Å²) in [5, 5.41) is 4.42. The van der Waals surface area contributed by atoms with E-state index in [9.17, 15) is 0 Å². The standard InChI is InChI=1S/C12H15N3/c1-3-6-14-12-10-5-4-7-13-11(10)8-9(2)15-12/h4-5,7-8H,3,6H2,1-2H3,(H,14,15). The molecule has 0 aliphatic rings. The number of hydrogen-bond acceptors (Lipinski definition) is 3. The maximum absolute atomic E-state index is 4.49. The second-order valence-corrected chi connectivity index (χ2v) is 3.61. The van der Waals surface area contributed by atoms with E-state index in [-0.39, 0.29) is 0 Å². The summed E-state index contributed by atoms with van der Waals surface area (Å²) in [5.74, 6) is 0.944. The van der Waals surface area contributed by atoms with Gasteiger partial charge in [0, 0.05) is 23.8 Å². The second kappa shape index (κ2) is 4.26. The van der Waals surface area contributed by atoms with Gasteiger partial charge in [0.15, 0.2) is 0 Å². The molecule has 2 heterocycles. The van der Waals surface area contributed by atoms with Crippen LogP contribution >= 0.6 is 0 Å². The molecular formula is C12H15N3. The van der Waals surface area contributed by atoms with Gasteiger partial charge in [0.2, 0.25) is 0 Å². The molecule has 0 aromatic carbocycles. The van der Waals surface area contributed by atoms with Gasteiger partial charge in [-0.3, -0.25) is 4.98 Å². The molecule has 2 aromatic heterocycles. The molecule has 0 atom stereocenters. The van der Waals surface area contributed by atoms with Gasteiger partial charge in [-0.05, 0) is 31.5 Å². The minimum Gasteiger partial charge on any atom is -0.370 e. The number of pyridine rings is 2. The van der Waals surface area contributed by atoms with Crippen LogP contribution in [0.1, 0.15) is 19.0 Å². The quantitative estimate of drug-likeness (QED) is 0.829. The fraction of sp³-hybridized carbons (Fsp3) is 0.333. The molecule has 0 bridgehead atoms. The maximum Gasteiger partial charge on any atom is 0.135 e. The summed E-state index contributed by atoms with van der Waals surface area (Å²) in [5.41, 5.74) is 2.00. The van der Waals surface area contributed by atoms with E-state index in [2.05, 4.69) is 22.2 Å². The first-order valence-corrected chi connectivity index (χ1v) is 5.27. The summed E-state index contributed by atoms with van der Waals surface area (Å²) in [4.78, 5) is 8.82. The van der Waals surface area contributed by atoms with Crippen LogP contribution in [0.15, 0.2) is 24.4 Å². The van der Waals surface area contributed by atoms with Crippen LogP contribution in [0, 0.1) is 6.92 Å². The number of anilines is 1. The van der Waals surface area contributed by atoms with Gasteiger partial charge < -0.3 is 5.32 Å². The number of aryl methyl sites for hydroxylation is 1. The van der Waals surface area contributed by atoms with Gasteiger partial charge in [-0.1, -0.05) is 6.92 Å². The molecule has 3 heteroatoms. The molecule has 15 heavy (non-hydrogen) atoms. The lowest BCUT2D eigenvalue weighted by atomic mass is 10.2. The van der Waals surface area contributed by atoms with E-state index < -0.39 is 0 Å². The average Bonchev–Trinajstić information content (AvgIpc) is 2.25. The van der Waals surface area contributed by atoms with E-state index >= 15 is 0 Å². The average molecular weight is 201 g/mol. The summed E-state index contributed by atoms with van der Waals surface area (Å²) in [6.45, 7) is 5.08. The topological polar surface area (TPSA) is 37.8 Å². The highest BCUT2D eigenvalue weighted by atomic mass is 15.0. The minimum absolute atomic E-state index is 0.944. The summed E-state index contributed by atoms with van der Waals surface area (Å²) >= 11 is 0. The van der Waals surface area contributed by atoms with Gasteiger partial charge in [0.1, 0.15) is 5.82 Å². The third-order valence-corrected chi connectivity index (χ3v) is 2.27. The third kappa shape index (κ3) is 2.06. The fourth-order valence-corrected chi connectivity index (χ4v) is 1.58. The first kappa shape index (κ1) is 9.90. The molecule has 0 aliphatic carbocycles. The van der Waals surface area contributed by atoms with Crippen molar-refractivity contribution in [1.29, 1.82) is 0 Å². The van der Waals surface area contributed by atoms with Crippen LogP contribution in [0.5, 0.6) is 0 Å². The lowest BCUT2D eigenvalue weighted by molar-refractivity contribution is 0.969. The summed E-state index contributed by atoms with van der Waals surface area (Å²) in [7, 11) is 0. The van der Waals surface area contributed by atoms with Crippen molar-refractivity contribution in [3.63, 3.8) is 0 Å². The van der Waals surface area contributed by atoms with Crippen molar-refractivity contribution in [3.05, 3.63) is 30.1 Å². The molecule has 0 radical (unpaired) electrons. The highest BCUT2D eigenvalue weighted by Gasteiger charge is 2.03. The Balaban J connectivity index is 2.50. The van der Waals surface area contributed by atoms with Gasteiger partial charge in [0.25, 0.3) is 0 Å². The Bertz CT molecular complexity index is 465. The summed E-state index contributed by atoms with van der Waals surface area (Å²) in [6, 6.07) is 6.00. The van der Waals surface area contributed by atoms with Crippen molar-refractivity contribution in [2.75, 3.05) is 11.9 Å². The van der Waals surface area contributed by atoms with Crippen molar-refractivity contribution >= 4 is 16.7 Å². The van der Waals surface area contributed by atoms with Gasteiger partial charge in [-0.2, -0.15) is 0 Å². The third-order valence-electron chi connectivity index (χ3n) is 2.27. The molecule has 0 saturated heterocycles. The second-order valence-electron chi connectivity index (χ2n) is 3.61. The summed E-state index contributed by atoms with van der Waals surface area (Å²) in [6.07, 6.45) is 2.91. The largest absolute Gasteiger partial charge is 0.370 e. The molecular weight excluding hydrogens is 186 g/mol.